The van der Waals surface area contributed by atoms with E-state index in [0.717, 1.165) is 23.6 Å². The zero-order chi connectivity index (χ0) is 14.4. The molecule has 5 heteroatoms. The van der Waals surface area contributed by atoms with Gasteiger partial charge in [-0.3, -0.25) is 0 Å². The topological polar surface area (TPSA) is 68.9 Å². The van der Waals surface area contributed by atoms with Gasteiger partial charge in [-0.15, -0.1) is 0 Å². The number of nitrogens with zero attached hydrogens (tertiary/aromatic N) is 1. The molecule has 0 saturated carbocycles. The lowest BCUT2D eigenvalue weighted by molar-refractivity contribution is 0.297. The molecule has 1 aliphatic rings. The highest BCUT2D eigenvalue weighted by Crippen LogP contribution is 2.32. The van der Waals surface area contributed by atoms with Crippen LogP contribution in [0.1, 0.15) is 20.3 Å². The lowest BCUT2D eigenvalue weighted by atomic mass is 10.3. The van der Waals surface area contributed by atoms with Gasteiger partial charge in [-0.2, -0.15) is 0 Å². The summed E-state index contributed by atoms with van der Waals surface area (Å²) in [4.78, 5) is 4.23. The standard InChI is InChI=1S/C15H21N3O2/c1-11(2)6-7-17-15(16)18-12-4-5-13-14(10-12)20-9-3-8-19-13/h4-6,10H,3,7-9H2,1-2H3,(H3,16,17,18). The van der Waals surface area contributed by atoms with Gasteiger partial charge >= 0.3 is 0 Å². The van der Waals surface area contributed by atoms with E-state index in [9.17, 15) is 0 Å². The van der Waals surface area contributed by atoms with Gasteiger partial charge in [0.25, 0.3) is 0 Å². The van der Waals surface area contributed by atoms with Gasteiger partial charge < -0.3 is 20.5 Å². The summed E-state index contributed by atoms with van der Waals surface area (Å²) in [6, 6.07) is 5.66. The molecule has 0 fully saturated rings. The number of fused-ring (bicyclic) bond motifs is 1. The van der Waals surface area contributed by atoms with E-state index in [-0.39, 0.29) is 0 Å². The average Bonchev–Trinajstić information content (AvgIpc) is 2.62. The molecule has 1 aromatic carbocycles. The molecule has 0 spiro atoms. The minimum absolute atomic E-state index is 0.386. The summed E-state index contributed by atoms with van der Waals surface area (Å²) in [5.41, 5.74) is 7.90. The van der Waals surface area contributed by atoms with Crippen molar-refractivity contribution in [2.75, 3.05) is 25.1 Å². The number of hydrogen-bond acceptors (Lipinski definition) is 3. The summed E-state index contributed by atoms with van der Waals surface area (Å²) in [5.74, 6) is 1.90. The van der Waals surface area contributed by atoms with E-state index in [2.05, 4.69) is 10.3 Å². The maximum Gasteiger partial charge on any atom is 0.193 e. The Hall–Kier alpha value is -2.17. The number of nitrogens with one attached hydrogen (secondary N) is 1. The van der Waals surface area contributed by atoms with Gasteiger partial charge in [0.05, 0.1) is 19.8 Å². The molecule has 0 saturated heterocycles. The van der Waals surface area contributed by atoms with Crippen LogP contribution in [0.25, 0.3) is 0 Å². The predicted octanol–water partition coefficient (Wildman–Crippen LogP) is 2.54. The van der Waals surface area contributed by atoms with Crippen LogP contribution in [0.2, 0.25) is 0 Å². The van der Waals surface area contributed by atoms with Crippen molar-refractivity contribution in [3.8, 4) is 11.5 Å². The molecule has 0 aromatic heterocycles. The molecular weight excluding hydrogens is 254 g/mol. The minimum atomic E-state index is 0.386. The molecule has 0 aliphatic carbocycles. The minimum Gasteiger partial charge on any atom is -0.490 e. The van der Waals surface area contributed by atoms with Crippen LogP contribution >= 0.6 is 0 Å². The normalized spacial score (nSPS) is 14.4. The van der Waals surface area contributed by atoms with E-state index in [1.165, 1.54) is 5.57 Å². The maximum atomic E-state index is 5.84. The van der Waals surface area contributed by atoms with E-state index < -0.39 is 0 Å². The SMILES string of the molecule is CC(C)=CCN=C(N)Nc1ccc2c(c1)OCCCO2. The zero-order valence-electron chi connectivity index (χ0n) is 12.0. The lowest BCUT2D eigenvalue weighted by Gasteiger charge is -2.10. The first kappa shape index (κ1) is 14.2. The summed E-state index contributed by atoms with van der Waals surface area (Å²) >= 11 is 0. The van der Waals surface area contributed by atoms with E-state index >= 15 is 0 Å². The van der Waals surface area contributed by atoms with Crippen LogP contribution in [0.15, 0.2) is 34.8 Å². The van der Waals surface area contributed by atoms with Crippen LogP contribution in [0.4, 0.5) is 5.69 Å². The van der Waals surface area contributed by atoms with Crippen LogP contribution in [0.3, 0.4) is 0 Å². The molecule has 0 atom stereocenters. The van der Waals surface area contributed by atoms with Gasteiger partial charge in [-0.05, 0) is 26.0 Å². The summed E-state index contributed by atoms with van der Waals surface area (Å²) in [6.07, 6.45) is 2.91. The summed E-state index contributed by atoms with van der Waals surface area (Å²) in [6.45, 7) is 5.99. The number of benzene rings is 1. The Labute approximate surface area is 119 Å². The van der Waals surface area contributed by atoms with Gasteiger partial charge in [-0.25, -0.2) is 4.99 Å². The van der Waals surface area contributed by atoms with E-state index in [1.54, 1.807) is 0 Å². The number of nitrogens with two attached hydrogens (primary N) is 1. The second kappa shape index (κ2) is 6.84. The smallest absolute Gasteiger partial charge is 0.193 e. The highest BCUT2D eigenvalue weighted by molar-refractivity contribution is 5.92. The van der Waals surface area contributed by atoms with Crippen molar-refractivity contribution in [1.82, 2.24) is 0 Å². The van der Waals surface area contributed by atoms with Crippen LogP contribution in [0, 0.1) is 0 Å². The molecule has 1 heterocycles. The van der Waals surface area contributed by atoms with Gasteiger partial charge in [0.2, 0.25) is 0 Å². The molecule has 20 heavy (non-hydrogen) atoms. The second-order valence-corrected chi connectivity index (χ2v) is 4.84. The lowest BCUT2D eigenvalue weighted by Crippen LogP contribution is -2.22. The number of ether oxygens (including phenoxy) is 2. The first-order valence-corrected chi connectivity index (χ1v) is 6.75. The third kappa shape index (κ3) is 4.19. The number of hydrogen-bond donors (Lipinski definition) is 2. The van der Waals surface area contributed by atoms with Crippen molar-refractivity contribution in [3.63, 3.8) is 0 Å². The highest BCUT2D eigenvalue weighted by Gasteiger charge is 2.10. The van der Waals surface area contributed by atoms with Gasteiger partial charge in [-0.1, -0.05) is 11.6 Å². The van der Waals surface area contributed by atoms with Gasteiger partial charge in [0.15, 0.2) is 17.5 Å². The summed E-state index contributed by atoms with van der Waals surface area (Å²) in [7, 11) is 0. The Morgan fingerprint density at radius 3 is 2.80 bits per heavy atom. The van der Waals surface area contributed by atoms with Crippen LogP contribution in [0.5, 0.6) is 11.5 Å². The third-order valence-electron chi connectivity index (χ3n) is 2.78. The molecule has 1 aromatic rings. The molecule has 5 nitrogen and oxygen atoms in total. The number of guanidine groups is 1. The first-order chi connectivity index (χ1) is 9.65. The van der Waals surface area contributed by atoms with Crippen molar-refractivity contribution >= 4 is 11.6 Å². The van der Waals surface area contributed by atoms with Crippen LogP contribution < -0.4 is 20.5 Å². The van der Waals surface area contributed by atoms with E-state index in [0.29, 0.717) is 25.7 Å². The molecule has 108 valence electrons. The van der Waals surface area contributed by atoms with Crippen molar-refractivity contribution < 1.29 is 9.47 Å². The summed E-state index contributed by atoms with van der Waals surface area (Å²) in [5, 5.41) is 3.05. The fourth-order valence-corrected chi connectivity index (χ4v) is 1.76. The zero-order valence-corrected chi connectivity index (χ0v) is 12.0. The van der Waals surface area contributed by atoms with Crippen LogP contribution in [-0.2, 0) is 0 Å². The Morgan fingerprint density at radius 1 is 1.30 bits per heavy atom. The predicted molar refractivity (Wildman–Crippen MR) is 81.6 cm³/mol. The largest absolute Gasteiger partial charge is 0.490 e. The maximum absolute atomic E-state index is 5.84. The van der Waals surface area contributed by atoms with Gasteiger partial charge in [0.1, 0.15) is 0 Å². The summed E-state index contributed by atoms with van der Waals surface area (Å²) < 4.78 is 11.2. The third-order valence-corrected chi connectivity index (χ3v) is 2.78. The molecule has 0 unspecified atom stereocenters. The average molecular weight is 275 g/mol. The van der Waals surface area contributed by atoms with Gasteiger partial charge in [0, 0.05) is 18.2 Å². The number of anilines is 1. The fraction of sp³-hybridized carbons (Fsp3) is 0.400. The monoisotopic (exact) mass is 275 g/mol. The van der Waals surface area contributed by atoms with Crippen molar-refractivity contribution in [2.24, 2.45) is 10.7 Å². The Bertz CT molecular complexity index is 520. The molecule has 2 rings (SSSR count). The second-order valence-electron chi connectivity index (χ2n) is 4.84. The highest BCUT2D eigenvalue weighted by atomic mass is 16.5. The quantitative estimate of drug-likeness (QED) is 0.505. The molecule has 3 N–H and O–H groups in total. The number of rotatable bonds is 3. The molecule has 0 amide bonds. The van der Waals surface area contributed by atoms with E-state index in [4.69, 9.17) is 15.2 Å². The fourth-order valence-electron chi connectivity index (χ4n) is 1.76. The van der Waals surface area contributed by atoms with Crippen molar-refractivity contribution in [2.45, 2.75) is 20.3 Å². The Balaban J connectivity index is 2.03. The number of allylic oxidation sites excluding steroid dienone is 1. The Kier molecular flexibility index (Phi) is 4.87. The molecule has 1 aliphatic heterocycles. The molecular formula is C15H21N3O2. The molecule has 0 radical (unpaired) electrons. The van der Waals surface area contributed by atoms with Crippen molar-refractivity contribution in [3.05, 3.63) is 29.8 Å². The van der Waals surface area contributed by atoms with E-state index in [1.807, 2.05) is 38.1 Å². The van der Waals surface area contributed by atoms with Crippen molar-refractivity contribution in [1.29, 1.82) is 0 Å². The number of aliphatic imine (C=N–C) groups is 1. The van der Waals surface area contributed by atoms with Crippen LogP contribution in [-0.4, -0.2) is 25.7 Å². The Morgan fingerprint density at radius 2 is 2.05 bits per heavy atom. The molecule has 0 bridgehead atoms. The first-order valence-electron chi connectivity index (χ1n) is 6.75.